The molecule has 0 unspecified atom stereocenters. The number of halogens is 2. The highest BCUT2D eigenvalue weighted by Gasteiger charge is 2.30. The Morgan fingerprint density at radius 3 is 2.44 bits per heavy atom. The topological polar surface area (TPSA) is 86.5 Å². The van der Waals surface area contributed by atoms with E-state index in [1.165, 1.54) is 13.2 Å². The van der Waals surface area contributed by atoms with E-state index in [4.69, 9.17) is 15.4 Å². The van der Waals surface area contributed by atoms with Crippen molar-refractivity contribution in [2.24, 2.45) is 0 Å². The molecule has 0 saturated heterocycles. The van der Waals surface area contributed by atoms with Gasteiger partial charge in [0.15, 0.2) is 5.75 Å². The summed E-state index contributed by atoms with van der Waals surface area (Å²) < 4.78 is 27.5. The molecule has 88 valence electrons. The zero-order chi connectivity index (χ0) is 12.5. The summed E-state index contributed by atoms with van der Waals surface area (Å²) >= 11 is 3.01. The number of nitrogens with zero attached hydrogens (tertiary/aromatic N) is 1. The summed E-state index contributed by atoms with van der Waals surface area (Å²) in [6.45, 7) is 0. The zero-order valence-corrected chi connectivity index (χ0v) is 11.0. The number of methoxy groups -OCH3 is 1. The lowest BCUT2D eigenvalue weighted by molar-refractivity contribution is -0.387. The van der Waals surface area contributed by atoms with Crippen LogP contribution in [0.1, 0.15) is 0 Å². The highest BCUT2D eigenvalue weighted by Crippen LogP contribution is 2.40. The number of ether oxygens (including phenoxy) is 1. The molecule has 0 N–H and O–H groups in total. The van der Waals surface area contributed by atoms with E-state index in [-0.39, 0.29) is 10.2 Å². The maximum atomic E-state index is 11.3. The van der Waals surface area contributed by atoms with E-state index in [1.54, 1.807) is 0 Å². The van der Waals surface area contributed by atoms with Gasteiger partial charge in [-0.05, 0) is 22.0 Å². The fourth-order valence-corrected chi connectivity index (χ4v) is 2.98. The predicted octanol–water partition coefficient (Wildman–Crippen LogP) is 2.29. The van der Waals surface area contributed by atoms with Gasteiger partial charge in [-0.2, -0.15) is 0 Å². The first-order chi connectivity index (χ1) is 7.29. The average molecular weight is 331 g/mol. The van der Waals surface area contributed by atoms with Crippen molar-refractivity contribution in [3.63, 3.8) is 0 Å². The van der Waals surface area contributed by atoms with Gasteiger partial charge in [-0.15, -0.1) is 0 Å². The molecule has 0 atom stereocenters. The quantitative estimate of drug-likeness (QED) is 0.482. The Morgan fingerprint density at radius 2 is 2.06 bits per heavy atom. The molecule has 1 rings (SSSR count). The standard InChI is InChI=1S/C7H5BrClNO5S/c1-15-6-4(8)2-3-5(10(11)12)7(6)16(9,13)14/h2-3H,1H3. The molecule has 9 heteroatoms. The van der Waals surface area contributed by atoms with E-state index in [1.807, 2.05) is 0 Å². The maximum absolute atomic E-state index is 11.3. The van der Waals surface area contributed by atoms with Gasteiger partial charge in [0, 0.05) is 16.7 Å². The van der Waals surface area contributed by atoms with E-state index < -0.39 is 24.6 Å². The SMILES string of the molecule is COc1c(Br)ccc([N+](=O)[O-])c1S(=O)(=O)Cl. The third kappa shape index (κ3) is 2.45. The summed E-state index contributed by atoms with van der Waals surface area (Å²) in [7, 11) is 2.05. The van der Waals surface area contributed by atoms with Crippen LogP contribution in [0.2, 0.25) is 0 Å². The summed E-state index contributed by atoms with van der Waals surface area (Å²) in [6.07, 6.45) is 0. The normalized spacial score (nSPS) is 11.2. The van der Waals surface area contributed by atoms with Crippen LogP contribution in [0.5, 0.6) is 5.75 Å². The number of hydrogen-bond acceptors (Lipinski definition) is 5. The molecule has 0 radical (unpaired) electrons. The van der Waals surface area contributed by atoms with E-state index in [9.17, 15) is 18.5 Å². The Labute approximate surface area is 104 Å². The molecule has 1 aromatic rings. The smallest absolute Gasteiger partial charge is 0.293 e. The van der Waals surface area contributed by atoms with Gasteiger partial charge in [-0.3, -0.25) is 10.1 Å². The van der Waals surface area contributed by atoms with Crippen molar-refractivity contribution < 1.29 is 18.1 Å². The third-order valence-electron chi connectivity index (χ3n) is 1.69. The maximum Gasteiger partial charge on any atom is 0.293 e. The van der Waals surface area contributed by atoms with Crippen LogP contribution in [0.3, 0.4) is 0 Å². The first kappa shape index (κ1) is 13.2. The first-order valence-corrected chi connectivity index (χ1v) is 6.84. The minimum atomic E-state index is -4.27. The molecule has 6 nitrogen and oxygen atoms in total. The van der Waals surface area contributed by atoms with Crippen LogP contribution in [-0.4, -0.2) is 20.5 Å². The minimum absolute atomic E-state index is 0.191. The van der Waals surface area contributed by atoms with Gasteiger partial charge >= 0.3 is 0 Å². The molecule has 0 bridgehead atoms. The number of benzene rings is 1. The minimum Gasteiger partial charge on any atom is -0.494 e. The molecule has 16 heavy (non-hydrogen) atoms. The van der Waals surface area contributed by atoms with Crippen LogP contribution < -0.4 is 4.74 Å². The second-order valence-corrected chi connectivity index (χ2v) is 5.98. The van der Waals surface area contributed by atoms with Gasteiger partial charge in [-0.1, -0.05) is 0 Å². The van der Waals surface area contributed by atoms with Gasteiger partial charge in [0.05, 0.1) is 16.5 Å². The number of rotatable bonds is 3. The highest BCUT2D eigenvalue weighted by atomic mass is 79.9. The predicted molar refractivity (Wildman–Crippen MR) is 60.4 cm³/mol. The third-order valence-corrected chi connectivity index (χ3v) is 3.66. The Bertz CT molecular complexity index is 544. The van der Waals surface area contributed by atoms with Crippen molar-refractivity contribution in [1.82, 2.24) is 0 Å². The molecular weight excluding hydrogens is 326 g/mol. The van der Waals surface area contributed by atoms with Gasteiger partial charge in [0.2, 0.25) is 4.90 Å². The number of nitro groups is 1. The van der Waals surface area contributed by atoms with Crippen LogP contribution in [0, 0.1) is 10.1 Å². The molecule has 1 aromatic carbocycles. The summed E-state index contributed by atoms with van der Waals surface area (Å²) in [6, 6.07) is 2.34. The van der Waals surface area contributed by atoms with E-state index >= 15 is 0 Å². The van der Waals surface area contributed by atoms with Crippen LogP contribution in [0.25, 0.3) is 0 Å². The molecule has 0 aliphatic rings. The first-order valence-electron chi connectivity index (χ1n) is 3.74. The Hall–Kier alpha value is -0.860. The summed E-state index contributed by atoms with van der Waals surface area (Å²) in [5.74, 6) is -0.191. The van der Waals surface area contributed by atoms with Crippen LogP contribution >= 0.6 is 26.6 Å². The lowest BCUT2D eigenvalue weighted by Gasteiger charge is -2.07. The molecule has 0 saturated carbocycles. The molecule has 0 aliphatic carbocycles. The molecular formula is C7H5BrClNO5S. The van der Waals surface area contributed by atoms with Crippen molar-refractivity contribution in [3.05, 3.63) is 26.7 Å². The molecule has 0 heterocycles. The Morgan fingerprint density at radius 1 is 1.50 bits per heavy atom. The monoisotopic (exact) mass is 329 g/mol. The summed E-state index contributed by atoms with van der Waals surface area (Å²) in [5.41, 5.74) is -0.630. The van der Waals surface area contributed by atoms with Crippen LogP contribution in [0.4, 0.5) is 5.69 Å². The summed E-state index contributed by atoms with van der Waals surface area (Å²) in [4.78, 5) is 9.16. The second-order valence-electron chi connectivity index (χ2n) is 2.62. The van der Waals surface area contributed by atoms with Crippen molar-refractivity contribution in [2.75, 3.05) is 7.11 Å². The van der Waals surface area contributed by atoms with Gasteiger partial charge in [-0.25, -0.2) is 8.42 Å². The van der Waals surface area contributed by atoms with Gasteiger partial charge < -0.3 is 4.74 Å². The number of nitro benzene ring substituents is 1. The highest BCUT2D eigenvalue weighted by molar-refractivity contribution is 9.10. The Balaban J connectivity index is 3.75. The van der Waals surface area contributed by atoms with E-state index in [0.29, 0.717) is 0 Å². The van der Waals surface area contributed by atoms with Gasteiger partial charge in [0.1, 0.15) is 0 Å². The molecule has 0 spiro atoms. The second kappa shape index (κ2) is 4.56. The fourth-order valence-electron chi connectivity index (χ4n) is 1.10. The largest absolute Gasteiger partial charge is 0.494 e. The average Bonchev–Trinajstić information content (AvgIpc) is 2.15. The lowest BCUT2D eigenvalue weighted by atomic mass is 10.3. The fraction of sp³-hybridized carbons (Fsp3) is 0.143. The Kier molecular flexibility index (Phi) is 3.76. The van der Waals surface area contributed by atoms with Crippen LogP contribution in [0.15, 0.2) is 21.5 Å². The van der Waals surface area contributed by atoms with E-state index in [2.05, 4.69) is 15.9 Å². The molecule has 0 fully saturated rings. The van der Waals surface area contributed by atoms with Gasteiger partial charge in [0.25, 0.3) is 14.7 Å². The van der Waals surface area contributed by atoms with Crippen LogP contribution in [-0.2, 0) is 9.05 Å². The van der Waals surface area contributed by atoms with Crippen molar-refractivity contribution in [1.29, 1.82) is 0 Å². The zero-order valence-electron chi connectivity index (χ0n) is 7.81. The molecule has 0 amide bonds. The van der Waals surface area contributed by atoms with Crippen molar-refractivity contribution in [2.45, 2.75) is 4.90 Å². The molecule has 0 aromatic heterocycles. The van der Waals surface area contributed by atoms with E-state index in [0.717, 1.165) is 6.07 Å². The lowest BCUT2D eigenvalue weighted by Crippen LogP contribution is -2.02. The number of hydrogen-bond donors (Lipinski definition) is 0. The van der Waals surface area contributed by atoms with Crippen molar-refractivity contribution >= 4 is 41.4 Å². The van der Waals surface area contributed by atoms with Crippen molar-refractivity contribution in [3.8, 4) is 5.75 Å². The summed E-state index contributed by atoms with van der Waals surface area (Å²) in [5, 5.41) is 10.7. The molecule has 0 aliphatic heterocycles.